The van der Waals surface area contributed by atoms with Gasteiger partial charge in [-0.3, -0.25) is 4.79 Å². The predicted octanol–water partition coefficient (Wildman–Crippen LogP) is 3.53. The van der Waals surface area contributed by atoms with Crippen molar-refractivity contribution in [3.63, 3.8) is 0 Å². The summed E-state index contributed by atoms with van der Waals surface area (Å²) in [6.45, 7) is 6.14. The summed E-state index contributed by atoms with van der Waals surface area (Å²) < 4.78 is 0. The van der Waals surface area contributed by atoms with E-state index in [2.05, 4.69) is 22.9 Å². The lowest BCUT2D eigenvalue weighted by Crippen LogP contribution is -2.53. The van der Waals surface area contributed by atoms with Crippen molar-refractivity contribution in [1.82, 2.24) is 10.6 Å². The Morgan fingerprint density at radius 1 is 1.04 bits per heavy atom. The Hall–Kier alpha value is -2.04. The maximum atomic E-state index is 12.6. The highest BCUT2D eigenvalue weighted by Gasteiger charge is 2.27. The summed E-state index contributed by atoms with van der Waals surface area (Å²) in [7, 11) is 0. The molecular weight excluding hydrogens is 302 g/mol. The molecule has 5 nitrogen and oxygen atoms in total. The van der Waals surface area contributed by atoms with Crippen molar-refractivity contribution >= 4 is 17.6 Å². The van der Waals surface area contributed by atoms with E-state index in [9.17, 15) is 9.59 Å². The normalized spacial score (nSPS) is 21.8. The van der Waals surface area contributed by atoms with Crippen molar-refractivity contribution in [2.75, 3.05) is 5.32 Å². The van der Waals surface area contributed by atoms with Crippen molar-refractivity contribution in [3.8, 4) is 0 Å². The maximum absolute atomic E-state index is 12.6. The number of rotatable bonds is 5. The van der Waals surface area contributed by atoms with Gasteiger partial charge in [-0.05, 0) is 49.7 Å². The minimum Gasteiger partial charge on any atom is -0.352 e. The number of hydrogen-bond acceptors (Lipinski definition) is 2. The molecule has 0 heterocycles. The summed E-state index contributed by atoms with van der Waals surface area (Å²) in [6.07, 6.45) is 4.35. The first-order chi connectivity index (χ1) is 11.5. The predicted molar refractivity (Wildman–Crippen MR) is 96.8 cm³/mol. The second kappa shape index (κ2) is 8.71. The molecule has 1 aromatic carbocycles. The van der Waals surface area contributed by atoms with Gasteiger partial charge < -0.3 is 16.0 Å². The van der Waals surface area contributed by atoms with Crippen LogP contribution in [0.4, 0.5) is 10.5 Å². The van der Waals surface area contributed by atoms with E-state index in [1.165, 1.54) is 0 Å². The van der Waals surface area contributed by atoms with Crippen LogP contribution in [0.25, 0.3) is 0 Å². The molecule has 0 bridgehead atoms. The van der Waals surface area contributed by atoms with Gasteiger partial charge in [0.1, 0.15) is 6.04 Å². The highest BCUT2D eigenvalue weighted by atomic mass is 16.2. The monoisotopic (exact) mass is 331 g/mol. The molecule has 3 N–H and O–H groups in total. The minimum absolute atomic E-state index is 0.0223. The van der Waals surface area contributed by atoms with Crippen molar-refractivity contribution in [2.24, 2.45) is 11.8 Å². The Balaban J connectivity index is 1.88. The topological polar surface area (TPSA) is 70.2 Å². The number of carbonyl (C=O) groups excluding carboxylic acids is 2. The molecule has 132 valence electrons. The standard InChI is InChI=1S/C19H29N3O2/c1-13(2)17(18(23)20-16-11-9-14(3)10-12-16)22-19(24)21-15-7-5-4-6-8-15/h4-8,13-14,16-17H,9-12H2,1-3H3,(H,20,23)(H2,21,22,24)/t14?,16?,17-/m0/s1. The third-order valence-electron chi connectivity index (χ3n) is 4.63. The lowest BCUT2D eigenvalue weighted by Gasteiger charge is -2.29. The molecule has 1 saturated carbocycles. The Kier molecular flexibility index (Phi) is 6.64. The van der Waals surface area contributed by atoms with Gasteiger partial charge in [0.25, 0.3) is 0 Å². The van der Waals surface area contributed by atoms with Gasteiger partial charge in [-0.2, -0.15) is 0 Å². The zero-order chi connectivity index (χ0) is 17.5. The minimum atomic E-state index is -0.534. The molecule has 0 aromatic heterocycles. The molecule has 3 amide bonds. The second-order valence-electron chi connectivity index (χ2n) is 7.15. The lowest BCUT2D eigenvalue weighted by molar-refractivity contribution is -0.124. The van der Waals surface area contributed by atoms with Gasteiger partial charge in [-0.25, -0.2) is 4.79 Å². The van der Waals surface area contributed by atoms with E-state index in [1.807, 2.05) is 44.2 Å². The van der Waals surface area contributed by atoms with E-state index in [4.69, 9.17) is 0 Å². The molecule has 0 unspecified atom stereocenters. The average molecular weight is 331 g/mol. The molecule has 0 radical (unpaired) electrons. The van der Waals surface area contributed by atoms with Crippen LogP contribution in [-0.4, -0.2) is 24.0 Å². The third-order valence-corrected chi connectivity index (χ3v) is 4.63. The van der Waals surface area contributed by atoms with Crippen LogP contribution in [0.1, 0.15) is 46.5 Å². The van der Waals surface area contributed by atoms with Crippen LogP contribution in [0.3, 0.4) is 0 Å². The molecule has 24 heavy (non-hydrogen) atoms. The van der Waals surface area contributed by atoms with Crippen LogP contribution in [-0.2, 0) is 4.79 Å². The number of nitrogens with one attached hydrogen (secondary N) is 3. The first-order valence-corrected chi connectivity index (χ1v) is 8.88. The summed E-state index contributed by atoms with van der Waals surface area (Å²) in [5, 5.41) is 8.67. The number of carbonyl (C=O) groups is 2. The van der Waals surface area contributed by atoms with Crippen LogP contribution in [0.15, 0.2) is 30.3 Å². The largest absolute Gasteiger partial charge is 0.352 e. The fraction of sp³-hybridized carbons (Fsp3) is 0.579. The van der Waals surface area contributed by atoms with Crippen LogP contribution < -0.4 is 16.0 Å². The highest BCUT2D eigenvalue weighted by molar-refractivity contribution is 5.93. The molecule has 0 saturated heterocycles. The number of hydrogen-bond donors (Lipinski definition) is 3. The van der Waals surface area contributed by atoms with E-state index < -0.39 is 6.04 Å². The molecule has 1 aliphatic rings. The number of anilines is 1. The van der Waals surface area contributed by atoms with Crippen molar-refractivity contribution in [1.29, 1.82) is 0 Å². The first kappa shape index (κ1) is 18.3. The first-order valence-electron chi connectivity index (χ1n) is 8.88. The van der Waals surface area contributed by atoms with Crippen LogP contribution >= 0.6 is 0 Å². The van der Waals surface area contributed by atoms with E-state index in [0.717, 1.165) is 31.6 Å². The van der Waals surface area contributed by atoms with Crippen LogP contribution in [0.2, 0.25) is 0 Å². The smallest absolute Gasteiger partial charge is 0.319 e. The molecule has 0 aliphatic heterocycles. The molecular formula is C19H29N3O2. The molecule has 0 spiro atoms. The van der Waals surface area contributed by atoms with Gasteiger partial charge in [0, 0.05) is 11.7 Å². The molecule has 5 heteroatoms. The SMILES string of the molecule is CC1CCC(NC(=O)[C@@H](NC(=O)Nc2ccccc2)C(C)C)CC1. The Morgan fingerprint density at radius 2 is 1.67 bits per heavy atom. The van der Waals surface area contributed by atoms with E-state index in [0.29, 0.717) is 5.69 Å². The molecule has 1 atom stereocenters. The van der Waals surface area contributed by atoms with Crippen molar-refractivity contribution in [3.05, 3.63) is 30.3 Å². The molecule has 1 aromatic rings. The van der Waals surface area contributed by atoms with Crippen LogP contribution in [0, 0.1) is 11.8 Å². The van der Waals surface area contributed by atoms with Gasteiger partial charge in [0.05, 0.1) is 0 Å². The maximum Gasteiger partial charge on any atom is 0.319 e. The van der Waals surface area contributed by atoms with Crippen molar-refractivity contribution in [2.45, 2.75) is 58.5 Å². The zero-order valence-corrected chi connectivity index (χ0v) is 14.8. The quantitative estimate of drug-likeness (QED) is 0.772. The van der Waals surface area contributed by atoms with Gasteiger partial charge >= 0.3 is 6.03 Å². The second-order valence-corrected chi connectivity index (χ2v) is 7.15. The summed E-state index contributed by atoms with van der Waals surface area (Å²) >= 11 is 0. The van der Waals surface area contributed by atoms with E-state index in [1.54, 1.807) is 0 Å². The van der Waals surface area contributed by atoms with E-state index in [-0.39, 0.29) is 23.9 Å². The summed E-state index contributed by atoms with van der Waals surface area (Å²) in [6, 6.07) is 8.56. The van der Waals surface area contributed by atoms with Gasteiger partial charge in [0.15, 0.2) is 0 Å². The average Bonchev–Trinajstić information content (AvgIpc) is 2.55. The number of para-hydroxylation sites is 1. The Morgan fingerprint density at radius 3 is 2.25 bits per heavy atom. The van der Waals surface area contributed by atoms with E-state index >= 15 is 0 Å². The zero-order valence-electron chi connectivity index (χ0n) is 14.8. The molecule has 1 aliphatic carbocycles. The number of amides is 3. The van der Waals surface area contributed by atoms with Gasteiger partial charge in [-0.1, -0.05) is 39.0 Å². The van der Waals surface area contributed by atoms with Crippen LogP contribution in [0.5, 0.6) is 0 Å². The lowest BCUT2D eigenvalue weighted by atomic mass is 9.87. The fourth-order valence-corrected chi connectivity index (χ4v) is 3.06. The summed E-state index contributed by atoms with van der Waals surface area (Å²) in [4.78, 5) is 24.7. The van der Waals surface area contributed by atoms with Gasteiger partial charge in [0.2, 0.25) is 5.91 Å². The number of benzene rings is 1. The summed E-state index contributed by atoms with van der Waals surface area (Å²) in [5.41, 5.74) is 0.708. The van der Waals surface area contributed by atoms with Gasteiger partial charge in [-0.15, -0.1) is 0 Å². The fourth-order valence-electron chi connectivity index (χ4n) is 3.06. The Labute approximate surface area is 144 Å². The van der Waals surface area contributed by atoms with Crippen molar-refractivity contribution < 1.29 is 9.59 Å². The Bertz CT molecular complexity index is 537. The molecule has 2 rings (SSSR count). The molecule has 1 fully saturated rings. The third kappa shape index (κ3) is 5.55. The summed E-state index contributed by atoms with van der Waals surface area (Å²) in [5.74, 6) is 0.677. The number of urea groups is 1. The highest BCUT2D eigenvalue weighted by Crippen LogP contribution is 2.23.